The molecular weight excluding hydrogens is 416 g/mol. The van der Waals surface area contributed by atoms with E-state index in [-0.39, 0.29) is 18.3 Å². The summed E-state index contributed by atoms with van der Waals surface area (Å²) in [5.74, 6) is 0.489. The van der Waals surface area contributed by atoms with Crippen LogP contribution in [-0.2, 0) is 16.1 Å². The zero-order chi connectivity index (χ0) is 21.9. The molecule has 1 heterocycles. The lowest BCUT2D eigenvalue weighted by Crippen LogP contribution is -2.41. The summed E-state index contributed by atoms with van der Waals surface area (Å²) in [4.78, 5) is 32.3. The predicted molar refractivity (Wildman–Crippen MR) is 118 cm³/mol. The third-order valence-corrected chi connectivity index (χ3v) is 4.66. The van der Waals surface area contributed by atoms with Crippen molar-refractivity contribution < 1.29 is 14.3 Å². The van der Waals surface area contributed by atoms with Gasteiger partial charge in [0.05, 0.1) is 12.3 Å². The monoisotopic (exact) mass is 438 g/mol. The van der Waals surface area contributed by atoms with Crippen molar-refractivity contribution in [1.82, 2.24) is 25.8 Å². The SMILES string of the molecule is CC(=O)N/C(=N\c1ccccc1)C(=O)NCc1cccc(OCCSc2nc[nH]n2)c1. The first-order chi connectivity index (χ1) is 15.1. The number of hydrogen-bond acceptors (Lipinski definition) is 7. The molecule has 2 amide bonds. The van der Waals surface area contributed by atoms with Gasteiger partial charge in [0.2, 0.25) is 11.1 Å². The summed E-state index contributed by atoms with van der Waals surface area (Å²) in [5.41, 5.74) is 1.43. The molecule has 0 aliphatic heterocycles. The predicted octanol–water partition coefficient (Wildman–Crippen LogP) is 2.46. The van der Waals surface area contributed by atoms with Gasteiger partial charge < -0.3 is 15.4 Å². The second-order valence-electron chi connectivity index (χ2n) is 6.29. The summed E-state index contributed by atoms with van der Waals surface area (Å²) in [6.07, 6.45) is 1.53. The number of rotatable bonds is 8. The van der Waals surface area contributed by atoms with E-state index in [1.165, 1.54) is 25.0 Å². The van der Waals surface area contributed by atoms with E-state index in [0.29, 0.717) is 29.0 Å². The minimum atomic E-state index is -0.478. The smallest absolute Gasteiger partial charge is 0.287 e. The highest BCUT2D eigenvalue weighted by molar-refractivity contribution is 7.99. The Balaban J connectivity index is 1.53. The average Bonchev–Trinajstić information content (AvgIpc) is 3.29. The highest BCUT2D eigenvalue weighted by Gasteiger charge is 2.13. The highest BCUT2D eigenvalue weighted by atomic mass is 32.2. The minimum Gasteiger partial charge on any atom is -0.493 e. The van der Waals surface area contributed by atoms with Crippen LogP contribution in [0.4, 0.5) is 5.69 Å². The number of thioether (sulfide) groups is 1. The van der Waals surface area contributed by atoms with Crippen LogP contribution in [0.25, 0.3) is 0 Å². The van der Waals surface area contributed by atoms with E-state index in [4.69, 9.17) is 4.74 Å². The number of nitrogens with one attached hydrogen (secondary N) is 3. The molecule has 3 rings (SSSR count). The molecule has 0 aliphatic rings. The van der Waals surface area contributed by atoms with E-state index >= 15 is 0 Å². The lowest BCUT2D eigenvalue weighted by atomic mass is 10.2. The number of nitrogens with zero attached hydrogens (tertiary/aromatic N) is 3. The van der Waals surface area contributed by atoms with Gasteiger partial charge in [-0.1, -0.05) is 42.1 Å². The fraction of sp³-hybridized carbons (Fsp3) is 0.190. The van der Waals surface area contributed by atoms with Gasteiger partial charge in [0, 0.05) is 19.2 Å². The fourth-order valence-electron chi connectivity index (χ4n) is 2.50. The molecule has 0 saturated heterocycles. The molecule has 0 radical (unpaired) electrons. The lowest BCUT2D eigenvalue weighted by Gasteiger charge is -2.10. The van der Waals surface area contributed by atoms with Gasteiger partial charge in [-0.2, -0.15) is 0 Å². The molecule has 1 aromatic heterocycles. The third-order valence-electron chi connectivity index (χ3n) is 3.83. The number of ether oxygens (including phenoxy) is 1. The van der Waals surface area contributed by atoms with Crippen LogP contribution in [0.1, 0.15) is 12.5 Å². The van der Waals surface area contributed by atoms with Gasteiger partial charge in [0.15, 0.2) is 5.84 Å². The van der Waals surface area contributed by atoms with Crippen molar-refractivity contribution in [2.24, 2.45) is 4.99 Å². The number of carbonyl (C=O) groups excluding carboxylic acids is 2. The molecule has 31 heavy (non-hydrogen) atoms. The number of aliphatic imine (C=N–C) groups is 1. The van der Waals surface area contributed by atoms with Crippen molar-refractivity contribution in [2.45, 2.75) is 18.6 Å². The van der Waals surface area contributed by atoms with E-state index < -0.39 is 5.91 Å². The van der Waals surface area contributed by atoms with Crippen LogP contribution in [0, 0.1) is 0 Å². The summed E-state index contributed by atoms with van der Waals surface area (Å²) >= 11 is 1.49. The summed E-state index contributed by atoms with van der Waals surface area (Å²) in [6, 6.07) is 16.4. The van der Waals surface area contributed by atoms with E-state index in [0.717, 1.165) is 5.56 Å². The van der Waals surface area contributed by atoms with Crippen LogP contribution in [0.15, 0.2) is 71.1 Å². The maximum absolute atomic E-state index is 12.6. The summed E-state index contributed by atoms with van der Waals surface area (Å²) < 4.78 is 5.75. The molecule has 0 saturated carbocycles. The quantitative estimate of drug-likeness (QED) is 0.215. The van der Waals surface area contributed by atoms with Crippen LogP contribution in [-0.4, -0.2) is 45.2 Å². The van der Waals surface area contributed by atoms with E-state index in [1.807, 2.05) is 30.3 Å². The van der Waals surface area contributed by atoms with Crippen LogP contribution >= 0.6 is 11.8 Å². The van der Waals surface area contributed by atoms with Crippen LogP contribution in [0.3, 0.4) is 0 Å². The van der Waals surface area contributed by atoms with Gasteiger partial charge in [-0.05, 0) is 29.8 Å². The standard InChI is InChI=1S/C21H22N6O3S/c1-15(28)25-19(26-17-7-3-2-4-8-17)20(29)22-13-16-6-5-9-18(12-16)30-10-11-31-21-23-14-24-27-21/h2-9,12,14H,10-11,13H2,1H3,(H,22,29)(H,23,24,27)(H,25,26,28). The number of aromatic amines is 1. The molecule has 0 unspecified atom stereocenters. The zero-order valence-corrected chi connectivity index (χ0v) is 17.7. The average molecular weight is 439 g/mol. The molecule has 2 aromatic carbocycles. The van der Waals surface area contributed by atoms with Crippen LogP contribution < -0.4 is 15.4 Å². The van der Waals surface area contributed by atoms with E-state index in [1.54, 1.807) is 24.3 Å². The highest BCUT2D eigenvalue weighted by Crippen LogP contribution is 2.15. The van der Waals surface area contributed by atoms with Crippen molar-refractivity contribution in [1.29, 1.82) is 0 Å². The second kappa shape index (κ2) is 11.5. The van der Waals surface area contributed by atoms with Crippen LogP contribution in [0.5, 0.6) is 5.75 Å². The van der Waals surface area contributed by atoms with Crippen molar-refractivity contribution in [3.8, 4) is 5.75 Å². The topological polar surface area (TPSA) is 121 Å². The number of amides is 2. The molecule has 9 nitrogen and oxygen atoms in total. The number of para-hydroxylation sites is 1. The first kappa shape index (κ1) is 22.0. The van der Waals surface area contributed by atoms with Crippen molar-refractivity contribution in [3.05, 3.63) is 66.5 Å². The summed E-state index contributed by atoms with van der Waals surface area (Å²) in [5, 5.41) is 12.6. The summed E-state index contributed by atoms with van der Waals surface area (Å²) in [7, 11) is 0. The van der Waals surface area contributed by atoms with E-state index in [9.17, 15) is 9.59 Å². The van der Waals surface area contributed by atoms with Gasteiger partial charge in [0.1, 0.15) is 12.1 Å². The molecule has 0 atom stereocenters. The lowest BCUT2D eigenvalue weighted by molar-refractivity contribution is -0.119. The third kappa shape index (κ3) is 7.59. The molecule has 0 fully saturated rings. The van der Waals surface area contributed by atoms with Crippen molar-refractivity contribution >= 4 is 35.1 Å². The van der Waals surface area contributed by atoms with E-state index in [2.05, 4.69) is 30.8 Å². The Bertz CT molecular complexity index is 1020. The first-order valence-corrected chi connectivity index (χ1v) is 10.5. The molecule has 3 N–H and O–H groups in total. The second-order valence-corrected chi connectivity index (χ2v) is 7.35. The number of benzene rings is 2. The van der Waals surface area contributed by atoms with Crippen molar-refractivity contribution in [2.75, 3.05) is 12.4 Å². The fourth-order valence-corrected chi connectivity index (χ4v) is 3.10. The Kier molecular flexibility index (Phi) is 8.18. The van der Waals surface area contributed by atoms with Gasteiger partial charge in [-0.3, -0.25) is 14.7 Å². The number of amidine groups is 1. The number of carbonyl (C=O) groups is 2. The van der Waals surface area contributed by atoms with Gasteiger partial charge >= 0.3 is 0 Å². The maximum atomic E-state index is 12.6. The molecular formula is C21H22N6O3S. The van der Waals surface area contributed by atoms with Crippen molar-refractivity contribution in [3.63, 3.8) is 0 Å². The Hall–Kier alpha value is -3.66. The van der Waals surface area contributed by atoms with Gasteiger partial charge in [-0.25, -0.2) is 9.98 Å². The summed E-state index contributed by atoms with van der Waals surface area (Å²) in [6.45, 7) is 2.08. The molecule has 10 heteroatoms. The number of hydrogen-bond donors (Lipinski definition) is 3. The Morgan fingerprint density at radius 2 is 2.00 bits per heavy atom. The Morgan fingerprint density at radius 3 is 2.74 bits per heavy atom. The molecule has 0 aliphatic carbocycles. The zero-order valence-electron chi connectivity index (χ0n) is 16.9. The first-order valence-electron chi connectivity index (χ1n) is 9.50. The normalized spacial score (nSPS) is 11.1. The molecule has 0 bridgehead atoms. The minimum absolute atomic E-state index is 0.0601. The Labute approximate surface area is 183 Å². The van der Waals surface area contributed by atoms with Gasteiger partial charge in [0.25, 0.3) is 5.91 Å². The number of aromatic nitrogens is 3. The van der Waals surface area contributed by atoms with Gasteiger partial charge in [-0.15, -0.1) is 5.10 Å². The Morgan fingerprint density at radius 1 is 1.16 bits per heavy atom. The molecule has 0 spiro atoms. The molecule has 3 aromatic rings. The molecule has 160 valence electrons. The maximum Gasteiger partial charge on any atom is 0.287 e. The largest absolute Gasteiger partial charge is 0.493 e. The number of H-pyrrole nitrogens is 1. The van der Waals surface area contributed by atoms with Crippen LogP contribution in [0.2, 0.25) is 0 Å².